The number of ether oxygens (including phenoxy) is 2. The summed E-state index contributed by atoms with van der Waals surface area (Å²) in [5.74, 6) is 3.51. The second-order valence-corrected chi connectivity index (χ2v) is 13.9. The highest BCUT2D eigenvalue weighted by Crippen LogP contribution is 2.66. The number of allylic oxidation sites excluding steroid dienone is 1. The molecule has 3 fully saturated rings. The van der Waals surface area contributed by atoms with Gasteiger partial charge in [0.2, 0.25) is 0 Å². The first kappa shape index (κ1) is 28.4. The van der Waals surface area contributed by atoms with Crippen molar-refractivity contribution in [2.24, 2.45) is 45.6 Å². The maximum Gasteiger partial charge on any atom is 0.177 e. The summed E-state index contributed by atoms with van der Waals surface area (Å²) in [6.07, 6.45) is 22.2. The number of hydrogen-bond acceptors (Lipinski definition) is 4. The quantitative estimate of drug-likeness (QED) is 0.131. The molecule has 0 aromatic rings. The van der Waals surface area contributed by atoms with Gasteiger partial charge in [0.15, 0.2) is 6.29 Å². The van der Waals surface area contributed by atoms with Crippen molar-refractivity contribution in [3.8, 4) is 0 Å². The molecule has 0 aromatic carbocycles. The van der Waals surface area contributed by atoms with Gasteiger partial charge in [-0.1, -0.05) is 70.3 Å². The Bertz CT molecular complexity index is 909. The Morgan fingerprint density at radius 2 is 1.89 bits per heavy atom. The van der Waals surface area contributed by atoms with Crippen LogP contribution in [0, 0.1) is 40.4 Å². The summed E-state index contributed by atoms with van der Waals surface area (Å²) >= 11 is 0. The average molecular weight is 526 g/mol. The number of nitrogens with zero attached hydrogens (tertiary/aromatic N) is 1. The fraction of sp³-hybridized carbons (Fsp3) is 0.853. The maximum atomic E-state index is 6.55. The molecule has 4 heteroatoms. The van der Waals surface area contributed by atoms with Crippen molar-refractivity contribution >= 4 is 5.71 Å². The molecule has 0 amide bonds. The van der Waals surface area contributed by atoms with Crippen molar-refractivity contribution in [1.29, 1.82) is 0 Å². The molecule has 10 atom stereocenters. The van der Waals surface area contributed by atoms with E-state index in [1.54, 1.807) is 5.57 Å². The lowest BCUT2D eigenvalue weighted by Gasteiger charge is -2.58. The molecule has 214 valence electrons. The van der Waals surface area contributed by atoms with Gasteiger partial charge < -0.3 is 14.3 Å². The summed E-state index contributed by atoms with van der Waals surface area (Å²) in [6.45, 7) is 14.9. The number of fused-ring (bicyclic) bond motifs is 5. The van der Waals surface area contributed by atoms with E-state index < -0.39 is 0 Å². The minimum absolute atomic E-state index is 0.172. The number of unbranched alkanes of at least 4 members (excludes halogenated alkanes) is 2. The summed E-state index contributed by atoms with van der Waals surface area (Å²) in [4.78, 5) is 5.76. The largest absolute Gasteiger partial charge is 0.396 e. The van der Waals surface area contributed by atoms with Crippen LogP contribution in [0.4, 0.5) is 0 Å². The molecule has 0 aromatic heterocycles. The zero-order valence-electron chi connectivity index (χ0n) is 25.2. The molecular formula is C34H55NO3. The number of oxime groups is 1. The van der Waals surface area contributed by atoms with Crippen LogP contribution in [0.25, 0.3) is 0 Å². The Balaban J connectivity index is 1.23. The van der Waals surface area contributed by atoms with Crippen molar-refractivity contribution in [2.75, 3.05) is 6.61 Å². The predicted octanol–water partition coefficient (Wildman–Crippen LogP) is 8.86. The van der Waals surface area contributed by atoms with E-state index in [1.165, 1.54) is 57.1 Å². The Morgan fingerprint density at radius 1 is 1.05 bits per heavy atom. The first-order valence-corrected chi connectivity index (χ1v) is 16.1. The Labute approximate surface area is 233 Å². The molecule has 4 nitrogen and oxygen atoms in total. The molecule has 4 aliphatic carbocycles. The van der Waals surface area contributed by atoms with Gasteiger partial charge in [0.05, 0.1) is 17.9 Å². The summed E-state index contributed by atoms with van der Waals surface area (Å²) in [5.41, 5.74) is 3.66. The summed E-state index contributed by atoms with van der Waals surface area (Å²) in [6, 6.07) is 0. The van der Waals surface area contributed by atoms with Gasteiger partial charge in [-0.25, -0.2) is 0 Å². The van der Waals surface area contributed by atoms with E-state index in [4.69, 9.17) is 14.3 Å². The van der Waals surface area contributed by atoms with Crippen LogP contribution in [0.5, 0.6) is 0 Å². The van der Waals surface area contributed by atoms with Gasteiger partial charge in [-0.2, -0.15) is 0 Å². The van der Waals surface area contributed by atoms with Crippen LogP contribution >= 0.6 is 0 Å². The van der Waals surface area contributed by atoms with E-state index in [0.717, 1.165) is 50.0 Å². The molecule has 1 aliphatic heterocycles. The molecule has 38 heavy (non-hydrogen) atoms. The second kappa shape index (κ2) is 11.8. The van der Waals surface area contributed by atoms with Crippen LogP contribution in [0.15, 0.2) is 29.0 Å². The zero-order valence-corrected chi connectivity index (χ0v) is 25.2. The minimum atomic E-state index is -0.172. The molecule has 0 saturated heterocycles. The van der Waals surface area contributed by atoms with Gasteiger partial charge in [-0.3, -0.25) is 0 Å². The van der Waals surface area contributed by atoms with Gasteiger partial charge >= 0.3 is 0 Å². The van der Waals surface area contributed by atoms with Crippen LogP contribution in [0.3, 0.4) is 0 Å². The van der Waals surface area contributed by atoms with E-state index in [1.807, 2.05) is 0 Å². The fourth-order valence-electron chi connectivity index (χ4n) is 9.52. The molecule has 4 unspecified atom stereocenters. The lowest BCUT2D eigenvalue weighted by atomic mass is 9.47. The van der Waals surface area contributed by atoms with Crippen LogP contribution in [0.1, 0.15) is 119 Å². The smallest absolute Gasteiger partial charge is 0.177 e. The zero-order chi connectivity index (χ0) is 26.9. The first-order chi connectivity index (χ1) is 18.3. The minimum Gasteiger partial charge on any atom is -0.396 e. The Hall–Kier alpha value is -1.13. The Kier molecular flexibility index (Phi) is 8.80. The van der Waals surface area contributed by atoms with E-state index >= 15 is 0 Å². The first-order valence-electron chi connectivity index (χ1n) is 16.1. The molecule has 0 bridgehead atoms. The standard InChI is InChI=1S/C34H55NO3/c1-7-9-10-21-36-35-24(4)28-14-15-29-27-13-12-25-22-26(37-32-16-11-23(3)31(8-2)38-32)17-19-33(25,5)30(27)18-20-34(28,29)6/h11-12,16,23,26-32H,7-10,13-15,17-22H2,1-6H3/b35-24+/t23-,26-,27?,28+,29?,30?,31+,32?,33-,34+/m0/s1. The van der Waals surface area contributed by atoms with Crippen LogP contribution in [0.2, 0.25) is 0 Å². The van der Waals surface area contributed by atoms with Crippen LogP contribution in [-0.2, 0) is 14.3 Å². The highest BCUT2D eigenvalue weighted by atomic mass is 16.7. The van der Waals surface area contributed by atoms with Crippen LogP contribution < -0.4 is 0 Å². The molecule has 1 heterocycles. The van der Waals surface area contributed by atoms with Gasteiger partial charge in [-0.15, -0.1) is 0 Å². The van der Waals surface area contributed by atoms with Crippen molar-refractivity contribution in [1.82, 2.24) is 0 Å². The van der Waals surface area contributed by atoms with Gasteiger partial charge in [0.1, 0.15) is 6.61 Å². The third kappa shape index (κ3) is 5.30. The Morgan fingerprint density at radius 3 is 2.68 bits per heavy atom. The lowest BCUT2D eigenvalue weighted by Crippen LogP contribution is -2.51. The molecule has 0 radical (unpaired) electrons. The van der Waals surface area contributed by atoms with E-state index in [9.17, 15) is 0 Å². The fourth-order valence-corrected chi connectivity index (χ4v) is 9.52. The molecular weight excluding hydrogens is 470 g/mol. The van der Waals surface area contributed by atoms with Crippen LogP contribution in [-0.4, -0.2) is 30.8 Å². The monoisotopic (exact) mass is 525 g/mol. The summed E-state index contributed by atoms with van der Waals surface area (Å²) < 4.78 is 12.8. The average Bonchev–Trinajstić information content (AvgIpc) is 3.27. The molecule has 5 aliphatic rings. The van der Waals surface area contributed by atoms with Gasteiger partial charge in [-0.05, 0) is 106 Å². The summed E-state index contributed by atoms with van der Waals surface area (Å²) in [7, 11) is 0. The maximum absolute atomic E-state index is 6.55. The molecule has 3 saturated carbocycles. The molecule has 5 rings (SSSR count). The lowest BCUT2D eigenvalue weighted by molar-refractivity contribution is -0.188. The van der Waals surface area contributed by atoms with Crippen molar-refractivity contribution in [3.05, 3.63) is 23.8 Å². The second-order valence-electron chi connectivity index (χ2n) is 13.9. The summed E-state index contributed by atoms with van der Waals surface area (Å²) in [5, 5.41) is 4.64. The van der Waals surface area contributed by atoms with E-state index in [0.29, 0.717) is 22.7 Å². The van der Waals surface area contributed by atoms with E-state index in [2.05, 4.69) is 64.9 Å². The SMILES string of the molecule is CCCCCO/N=C(\C)[C@H]1CCC2C3CC=C4C[C@@H](OC5C=C[C@H](C)[C@@H](CC)O5)CC[C@]4(C)C3CC[C@@]21C. The highest BCUT2D eigenvalue weighted by molar-refractivity contribution is 5.85. The van der Waals surface area contributed by atoms with Crippen molar-refractivity contribution in [2.45, 2.75) is 137 Å². The van der Waals surface area contributed by atoms with Gasteiger partial charge in [0.25, 0.3) is 0 Å². The third-order valence-electron chi connectivity index (χ3n) is 11.8. The van der Waals surface area contributed by atoms with Gasteiger partial charge in [0, 0.05) is 11.8 Å². The normalized spacial score (nSPS) is 44.7. The van der Waals surface area contributed by atoms with Crippen molar-refractivity contribution in [3.63, 3.8) is 0 Å². The topological polar surface area (TPSA) is 40.0 Å². The number of hydrogen-bond donors (Lipinski definition) is 0. The number of rotatable bonds is 9. The highest BCUT2D eigenvalue weighted by Gasteiger charge is 2.59. The van der Waals surface area contributed by atoms with Crippen molar-refractivity contribution < 1.29 is 14.3 Å². The molecule has 0 spiro atoms. The molecule has 0 N–H and O–H groups in total. The van der Waals surface area contributed by atoms with E-state index in [-0.39, 0.29) is 18.5 Å². The third-order valence-corrected chi connectivity index (χ3v) is 11.8. The predicted molar refractivity (Wildman–Crippen MR) is 156 cm³/mol.